The fourth-order valence-electron chi connectivity index (χ4n) is 4.70. The zero-order chi connectivity index (χ0) is 27.1. The van der Waals surface area contributed by atoms with Crippen molar-refractivity contribution in [3.63, 3.8) is 0 Å². The Kier molecular flexibility index (Phi) is 8.91. The van der Waals surface area contributed by atoms with Gasteiger partial charge in [-0.3, -0.25) is 9.69 Å². The van der Waals surface area contributed by atoms with E-state index in [9.17, 15) is 4.79 Å². The minimum absolute atomic E-state index is 0.0234. The zero-order valence-corrected chi connectivity index (χ0v) is 22.4. The molecule has 1 aliphatic heterocycles. The highest BCUT2D eigenvalue weighted by Gasteiger charge is 2.19. The van der Waals surface area contributed by atoms with E-state index in [1.165, 1.54) is 12.4 Å². The van der Waals surface area contributed by atoms with Crippen molar-refractivity contribution in [3.05, 3.63) is 66.7 Å². The summed E-state index contributed by atoms with van der Waals surface area (Å²) in [4.78, 5) is 24.8. The summed E-state index contributed by atoms with van der Waals surface area (Å²) < 4.78 is 7.11. The standard InChI is InChI=1S/C29H37N7O2/c1-5-25(37)35-17-15-34(16-18-35)13-7-6-8-14-36-29-26(28(30)31-20-32-29)27(33-36)24-11-9-21(2)23(19-24)12-10-22(3)38-4/h5,9-12,19-20H,1,3,6-8,13-18H2,2,4H3,(H2,30,31,32)/b12-10-. The molecule has 2 aromatic heterocycles. The first-order chi connectivity index (χ1) is 18.4. The Bertz CT molecular complexity index is 1340. The van der Waals surface area contributed by atoms with Gasteiger partial charge >= 0.3 is 0 Å². The van der Waals surface area contributed by atoms with Crippen LogP contribution in [0.25, 0.3) is 28.4 Å². The molecule has 0 spiro atoms. The van der Waals surface area contributed by atoms with Crippen LogP contribution in [0.15, 0.2) is 55.6 Å². The maximum absolute atomic E-state index is 11.8. The number of carbonyl (C=O) groups excluding carboxylic acids is 1. The monoisotopic (exact) mass is 515 g/mol. The number of methoxy groups -OCH3 is 1. The maximum atomic E-state index is 11.8. The highest BCUT2D eigenvalue weighted by atomic mass is 16.5. The first kappa shape index (κ1) is 27.1. The largest absolute Gasteiger partial charge is 0.497 e. The molecule has 1 aliphatic rings. The Hall–Kier alpha value is -3.98. The molecule has 9 heteroatoms. The lowest BCUT2D eigenvalue weighted by molar-refractivity contribution is -0.127. The summed E-state index contributed by atoms with van der Waals surface area (Å²) in [5.41, 5.74) is 11.0. The molecule has 3 heterocycles. The number of hydrogen-bond acceptors (Lipinski definition) is 7. The number of anilines is 1. The molecule has 0 bridgehead atoms. The van der Waals surface area contributed by atoms with Gasteiger partial charge < -0.3 is 15.4 Å². The molecule has 4 rings (SSSR count). The summed E-state index contributed by atoms with van der Waals surface area (Å²) in [6.07, 6.45) is 9.88. The van der Waals surface area contributed by atoms with Gasteiger partial charge in [0.1, 0.15) is 23.6 Å². The third kappa shape index (κ3) is 6.28. The van der Waals surface area contributed by atoms with Gasteiger partial charge in [0.15, 0.2) is 5.65 Å². The third-order valence-electron chi connectivity index (χ3n) is 7.03. The van der Waals surface area contributed by atoms with E-state index in [2.05, 4.69) is 53.1 Å². The molecule has 1 aromatic carbocycles. The number of nitrogens with two attached hydrogens (primary N) is 1. The van der Waals surface area contributed by atoms with E-state index in [1.807, 2.05) is 21.7 Å². The highest BCUT2D eigenvalue weighted by molar-refractivity contribution is 5.98. The van der Waals surface area contributed by atoms with E-state index in [1.54, 1.807) is 7.11 Å². The van der Waals surface area contributed by atoms with Crippen molar-refractivity contribution < 1.29 is 9.53 Å². The van der Waals surface area contributed by atoms with Crippen LogP contribution in [-0.4, -0.2) is 75.3 Å². The van der Waals surface area contributed by atoms with E-state index in [0.29, 0.717) is 11.6 Å². The molecular formula is C29H37N7O2. The summed E-state index contributed by atoms with van der Waals surface area (Å²) in [5.74, 6) is 1.04. The van der Waals surface area contributed by atoms with E-state index in [-0.39, 0.29) is 5.91 Å². The zero-order valence-electron chi connectivity index (χ0n) is 22.4. The Morgan fingerprint density at radius 2 is 1.89 bits per heavy atom. The van der Waals surface area contributed by atoms with Crippen LogP contribution >= 0.6 is 0 Å². The van der Waals surface area contributed by atoms with Crippen molar-refractivity contribution in [2.75, 3.05) is 45.6 Å². The molecular weight excluding hydrogens is 478 g/mol. The van der Waals surface area contributed by atoms with Gasteiger partial charge in [0.2, 0.25) is 5.91 Å². The van der Waals surface area contributed by atoms with Crippen LogP contribution in [-0.2, 0) is 16.1 Å². The molecule has 0 saturated carbocycles. The Labute approximate surface area is 224 Å². The number of benzene rings is 1. The number of allylic oxidation sites excluding steroid dienone is 1. The molecule has 9 nitrogen and oxygen atoms in total. The molecule has 38 heavy (non-hydrogen) atoms. The van der Waals surface area contributed by atoms with E-state index < -0.39 is 0 Å². The Morgan fingerprint density at radius 3 is 2.63 bits per heavy atom. The second kappa shape index (κ2) is 12.5. The smallest absolute Gasteiger partial charge is 0.246 e. The van der Waals surface area contributed by atoms with Gasteiger partial charge in [-0.15, -0.1) is 0 Å². The second-order valence-electron chi connectivity index (χ2n) is 9.54. The summed E-state index contributed by atoms with van der Waals surface area (Å²) in [6, 6.07) is 6.22. The normalized spacial score (nSPS) is 14.3. The fourth-order valence-corrected chi connectivity index (χ4v) is 4.70. The second-order valence-corrected chi connectivity index (χ2v) is 9.54. The number of aryl methyl sites for hydroxylation is 2. The number of amides is 1. The van der Waals surface area contributed by atoms with Crippen molar-refractivity contribution in [1.29, 1.82) is 0 Å². The minimum Gasteiger partial charge on any atom is -0.497 e. The lowest BCUT2D eigenvalue weighted by Gasteiger charge is -2.34. The third-order valence-corrected chi connectivity index (χ3v) is 7.03. The van der Waals surface area contributed by atoms with Gasteiger partial charge in [-0.05, 0) is 55.7 Å². The SMILES string of the molecule is C=CC(=O)N1CCN(CCCCCn2nc(-c3ccc(C)c(/C=C\C(=C)OC)c3)c3c(N)ncnc32)CC1. The van der Waals surface area contributed by atoms with E-state index in [4.69, 9.17) is 15.6 Å². The molecule has 1 saturated heterocycles. The quantitative estimate of drug-likeness (QED) is 0.178. The lowest BCUT2D eigenvalue weighted by Crippen LogP contribution is -2.48. The van der Waals surface area contributed by atoms with E-state index >= 15 is 0 Å². The number of piperazine rings is 1. The summed E-state index contributed by atoms with van der Waals surface area (Å²) in [5, 5.41) is 5.71. The number of hydrogen-bond donors (Lipinski definition) is 1. The number of ether oxygens (including phenoxy) is 1. The average Bonchev–Trinajstić information content (AvgIpc) is 3.32. The van der Waals surface area contributed by atoms with Gasteiger partial charge in [-0.25, -0.2) is 14.6 Å². The van der Waals surface area contributed by atoms with Crippen molar-refractivity contribution in [2.24, 2.45) is 0 Å². The van der Waals surface area contributed by atoms with Crippen LogP contribution in [0.1, 0.15) is 30.4 Å². The van der Waals surface area contributed by atoms with E-state index in [0.717, 1.165) is 91.9 Å². The van der Waals surface area contributed by atoms with Crippen LogP contribution in [0.4, 0.5) is 5.82 Å². The molecule has 1 fully saturated rings. The Balaban J connectivity index is 1.42. The van der Waals surface area contributed by atoms with Crippen molar-refractivity contribution in [2.45, 2.75) is 32.7 Å². The number of nitrogens with zero attached hydrogens (tertiary/aromatic N) is 6. The predicted octanol–water partition coefficient (Wildman–Crippen LogP) is 4.06. The number of fused-ring (bicyclic) bond motifs is 1. The fraction of sp³-hybridized carbons (Fsp3) is 0.379. The number of unbranched alkanes of at least 4 members (excludes halogenated alkanes) is 2. The first-order valence-corrected chi connectivity index (χ1v) is 13.0. The number of carbonyl (C=O) groups is 1. The molecule has 0 radical (unpaired) electrons. The van der Waals surface area contributed by atoms with Crippen LogP contribution in [0.2, 0.25) is 0 Å². The molecule has 0 unspecified atom stereocenters. The number of aromatic nitrogens is 4. The van der Waals surface area contributed by atoms with Crippen molar-refractivity contribution in [1.82, 2.24) is 29.5 Å². The van der Waals surface area contributed by atoms with Gasteiger partial charge in [0, 0.05) is 38.3 Å². The van der Waals surface area contributed by atoms with Gasteiger partial charge in [0.05, 0.1) is 12.5 Å². The van der Waals surface area contributed by atoms with Gasteiger partial charge in [0.25, 0.3) is 0 Å². The highest BCUT2D eigenvalue weighted by Crippen LogP contribution is 2.31. The summed E-state index contributed by atoms with van der Waals surface area (Å²) in [7, 11) is 1.60. The predicted molar refractivity (Wildman–Crippen MR) is 152 cm³/mol. The lowest BCUT2D eigenvalue weighted by atomic mass is 10.0. The Morgan fingerprint density at radius 1 is 1.13 bits per heavy atom. The minimum atomic E-state index is 0.0234. The summed E-state index contributed by atoms with van der Waals surface area (Å²) in [6.45, 7) is 14.6. The van der Waals surface area contributed by atoms with Crippen LogP contribution in [0.5, 0.6) is 0 Å². The molecule has 3 aromatic rings. The van der Waals surface area contributed by atoms with Gasteiger partial charge in [-0.2, -0.15) is 5.10 Å². The molecule has 0 aliphatic carbocycles. The molecule has 0 atom stereocenters. The molecule has 200 valence electrons. The maximum Gasteiger partial charge on any atom is 0.246 e. The number of rotatable bonds is 11. The molecule has 1 amide bonds. The first-order valence-electron chi connectivity index (χ1n) is 13.0. The topological polar surface area (TPSA) is 102 Å². The van der Waals surface area contributed by atoms with Crippen LogP contribution in [0.3, 0.4) is 0 Å². The van der Waals surface area contributed by atoms with Crippen LogP contribution < -0.4 is 5.73 Å². The average molecular weight is 516 g/mol. The van der Waals surface area contributed by atoms with Crippen molar-refractivity contribution >= 4 is 28.8 Å². The van der Waals surface area contributed by atoms with Crippen molar-refractivity contribution in [3.8, 4) is 11.3 Å². The summed E-state index contributed by atoms with van der Waals surface area (Å²) >= 11 is 0. The van der Waals surface area contributed by atoms with Crippen LogP contribution in [0, 0.1) is 6.92 Å². The van der Waals surface area contributed by atoms with Gasteiger partial charge in [-0.1, -0.05) is 37.8 Å². The molecule has 2 N–H and O–H groups in total. The number of nitrogen functional groups attached to an aromatic ring is 1.